The molecular formula is C17H19F2N. The van der Waals surface area contributed by atoms with Gasteiger partial charge in [0.25, 0.3) is 0 Å². The van der Waals surface area contributed by atoms with E-state index in [0.29, 0.717) is 0 Å². The lowest BCUT2D eigenvalue weighted by molar-refractivity contribution is 0.501. The molecule has 1 N–H and O–H groups in total. The Morgan fingerprint density at radius 1 is 1.05 bits per heavy atom. The van der Waals surface area contributed by atoms with Crippen LogP contribution in [0.3, 0.4) is 0 Å². The highest BCUT2D eigenvalue weighted by molar-refractivity contribution is 5.26. The van der Waals surface area contributed by atoms with Crippen LogP contribution in [0, 0.1) is 18.6 Å². The molecule has 0 spiro atoms. The molecule has 0 saturated carbocycles. The van der Waals surface area contributed by atoms with Crippen molar-refractivity contribution in [3.8, 4) is 0 Å². The summed E-state index contributed by atoms with van der Waals surface area (Å²) in [4.78, 5) is 0. The van der Waals surface area contributed by atoms with Crippen LogP contribution in [0.2, 0.25) is 0 Å². The first-order valence-corrected chi connectivity index (χ1v) is 6.81. The van der Waals surface area contributed by atoms with E-state index in [1.807, 2.05) is 19.1 Å². The van der Waals surface area contributed by atoms with Gasteiger partial charge in [-0.2, -0.15) is 0 Å². The number of nitrogens with one attached hydrogen (secondary N) is 1. The minimum Gasteiger partial charge on any atom is -0.310 e. The molecule has 106 valence electrons. The monoisotopic (exact) mass is 275 g/mol. The van der Waals surface area contributed by atoms with E-state index in [4.69, 9.17) is 0 Å². The zero-order valence-electron chi connectivity index (χ0n) is 11.8. The normalized spacial score (nSPS) is 12.4. The van der Waals surface area contributed by atoms with E-state index in [0.717, 1.165) is 18.5 Å². The summed E-state index contributed by atoms with van der Waals surface area (Å²) in [6.07, 6.45) is 0.917. The standard InChI is InChI=1S/C17H19F2N/c1-12-5-3-4-6-14(12)9-10-20-13(2)15-7-8-16(18)17(19)11-15/h3-8,11,13,20H,9-10H2,1-2H3. The van der Waals surface area contributed by atoms with Gasteiger partial charge >= 0.3 is 0 Å². The summed E-state index contributed by atoms with van der Waals surface area (Å²) in [6, 6.07) is 12.3. The molecule has 0 aliphatic rings. The predicted octanol–water partition coefficient (Wildman–Crippen LogP) is 4.17. The predicted molar refractivity (Wildman–Crippen MR) is 77.7 cm³/mol. The molecule has 0 heterocycles. The van der Waals surface area contributed by atoms with Crippen molar-refractivity contribution in [2.45, 2.75) is 26.3 Å². The van der Waals surface area contributed by atoms with Crippen LogP contribution in [0.25, 0.3) is 0 Å². The molecule has 1 nitrogen and oxygen atoms in total. The Bertz CT molecular complexity index is 581. The molecule has 0 amide bonds. The number of hydrogen-bond acceptors (Lipinski definition) is 1. The van der Waals surface area contributed by atoms with E-state index in [2.05, 4.69) is 24.4 Å². The summed E-state index contributed by atoms with van der Waals surface area (Å²) in [5.41, 5.74) is 3.33. The minimum atomic E-state index is -0.805. The number of benzene rings is 2. The van der Waals surface area contributed by atoms with E-state index >= 15 is 0 Å². The largest absolute Gasteiger partial charge is 0.310 e. The van der Waals surface area contributed by atoms with Crippen LogP contribution in [0.15, 0.2) is 42.5 Å². The Balaban J connectivity index is 1.90. The summed E-state index contributed by atoms with van der Waals surface area (Å²) in [5, 5.41) is 3.33. The molecule has 3 heteroatoms. The lowest BCUT2D eigenvalue weighted by Crippen LogP contribution is -2.21. The average Bonchev–Trinajstić information content (AvgIpc) is 2.44. The highest BCUT2D eigenvalue weighted by Crippen LogP contribution is 2.16. The molecule has 0 radical (unpaired) electrons. The van der Waals surface area contributed by atoms with E-state index < -0.39 is 11.6 Å². The third-order valence-corrected chi connectivity index (χ3v) is 3.55. The van der Waals surface area contributed by atoms with Gasteiger partial charge in [0.05, 0.1) is 0 Å². The maximum Gasteiger partial charge on any atom is 0.159 e. The van der Waals surface area contributed by atoms with Crippen molar-refractivity contribution in [1.82, 2.24) is 5.32 Å². The molecule has 0 aromatic heterocycles. The van der Waals surface area contributed by atoms with E-state index in [1.165, 1.54) is 23.3 Å². The van der Waals surface area contributed by atoms with Crippen molar-refractivity contribution in [1.29, 1.82) is 0 Å². The second-order valence-corrected chi connectivity index (χ2v) is 5.03. The Hall–Kier alpha value is -1.74. The van der Waals surface area contributed by atoms with Gasteiger partial charge in [-0.1, -0.05) is 30.3 Å². The molecule has 0 aliphatic carbocycles. The molecule has 1 unspecified atom stereocenters. The van der Waals surface area contributed by atoms with Crippen LogP contribution in [0.1, 0.15) is 29.7 Å². The van der Waals surface area contributed by atoms with Gasteiger partial charge in [0.2, 0.25) is 0 Å². The fourth-order valence-electron chi connectivity index (χ4n) is 2.21. The fraction of sp³-hybridized carbons (Fsp3) is 0.294. The van der Waals surface area contributed by atoms with Crippen LogP contribution in [-0.2, 0) is 6.42 Å². The smallest absolute Gasteiger partial charge is 0.159 e. The van der Waals surface area contributed by atoms with Gasteiger partial charge < -0.3 is 5.32 Å². The molecule has 0 bridgehead atoms. The third-order valence-electron chi connectivity index (χ3n) is 3.55. The molecule has 2 rings (SSSR count). The number of aryl methyl sites for hydroxylation is 1. The zero-order valence-corrected chi connectivity index (χ0v) is 11.8. The van der Waals surface area contributed by atoms with Gasteiger partial charge in [0, 0.05) is 6.04 Å². The summed E-state index contributed by atoms with van der Waals surface area (Å²) in [5.74, 6) is -1.60. The molecule has 0 fully saturated rings. The SMILES string of the molecule is Cc1ccccc1CCNC(C)c1ccc(F)c(F)c1. The van der Waals surface area contributed by atoms with Crippen LogP contribution >= 0.6 is 0 Å². The molecular weight excluding hydrogens is 256 g/mol. The van der Waals surface area contributed by atoms with Gasteiger partial charge in [-0.15, -0.1) is 0 Å². The number of halogens is 2. The second-order valence-electron chi connectivity index (χ2n) is 5.03. The Kier molecular flexibility index (Phi) is 4.85. The number of rotatable bonds is 5. The number of hydrogen-bond donors (Lipinski definition) is 1. The van der Waals surface area contributed by atoms with Crippen LogP contribution in [0.4, 0.5) is 8.78 Å². The first kappa shape index (κ1) is 14.7. The van der Waals surface area contributed by atoms with Crippen molar-refractivity contribution >= 4 is 0 Å². The van der Waals surface area contributed by atoms with Gasteiger partial charge in [-0.3, -0.25) is 0 Å². The topological polar surface area (TPSA) is 12.0 Å². The van der Waals surface area contributed by atoms with Crippen LogP contribution < -0.4 is 5.32 Å². The van der Waals surface area contributed by atoms with Gasteiger partial charge in [0.1, 0.15) is 0 Å². The molecule has 0 aliphatic heterocycles. The van der Waals surface area contributed by atoms with Crippen molar-refractivity contribution in [2.24, 2.45) is 0 Å². The van der Waals surface area contributed by atoms with Gasteiger partial charge in [-0.05, 0) is 55.6 Å². The van der Waals surface area contributed by atoms with Crippen molar-refractivity contribution < 1.29 is 8.78 Å². The summed E-state index contributed by atoms with van der Waals surface area (Å²) >= 11 is 0. The summed E-state index contributed by atoms with van der Waals surface area (Å²) < 4.78 is 26.1. The van der Waals surface area contributed by atoms with Gasteiger partial charge in [0.15, 0.2) is 11.6 Å². The highest BCUT2D eigenvalue weighted by Gasteiger charge is 2.08. The second kappa shape index (κ2) is 6.62. The first-order valence-electron chi connectivity index (χ1n) is 6.81. The van der Waals surface area contributed by atoms with Crippen LogP contribution in [-0.4, -0.2) is 6.54 Å². The maximum atomic E-state index is 13.2. The van der Waals surface area contributed by atoms with E-state index in [-0.39, 0.29) is 6.04 Å². The fourth-order valence-corrected chi connectivity index (χ4v) is 2.21. The molecule has 2 aromatic rings. The highest BCUT2D eigenvalue weighted by atomic mass is 19.2. The van der Waals surface area contributed by atoms with Crippen LogP contribution in [0.5, 0.6) is 0 Å². The van der Waals surface area contributed by atoms with Crippen molar-refractivity contribution in [3.63, 3.8) is 0 Å². The van der Waals surface area contributed by atoms with E-state index in [9.17, 15) is 8.78 Å². The summed E-state index contributed by atoms with van der Waals surface area (Å²) in [6.45, 7) is 4.84. The summed E-state index contributed by atoms with van der Waals surface area (Å²) in [7, 11) is 0. The third kappa shape index (κ3) is 3.64. The maximum absolute atomic E-state index is 13.2. The molecule has 20 heavy (non-hydrogen) atoms. The van der Waals surface area contributed by atoms with E-state index in [1.54, 1.807) is 6.07 Å². The van der Waals surface area contributed by atoms with Crippen molar-refractivity contribution in [3.05, 3.63) is 70.8 Å². The molecule has 2 aromatic carbocycles. The lowest BCUT2D eigenvalue weighted by Gasteiger charge is -2.15. The first-order chi connectivity index (χ1) is 9.58. The van der Waals surface area contributed by atoms with Gasteiger partial charge in [-0.25, -0.2) is 8.78 Å². The minimum absolute atomic E-state index is 0.00545. The molecule has 0 saturated heterocycles. The Morgan fingerprint density at radius 3 is 2.50 bits per heavy atom. The zero-order chi connectivity index (χ0) is 14.5. The average molecular weight is 275 g/mol. The Morgan fingerprint density at radius 2 is 1.80 bits per heavy atom. The van der Waals surface area contributed by atoms with Crippen molar-refractivity contribution in [2.75, 3.05) is 6.54 Å². The molecule has 1 atom stereocenters. The lowest BCUT2D eigenvalue weighted by atomic mass is 10.0. The Labute approximate surface area is 118 Å². The quantitative estimate of drug-likeness (QED) is 0.863.